The van der Waals surface area contributed by atoms with Crippen molar-refractivity contribution in [1.29, 1.82) is 0 Å². The SMILES string of the molecule is CCC(=Cc1cnc(C)cc1C)C1CCC=C2C=C3CCC(CON(C)CCF)CC34CCC2(O4)C(C)CC1. The molecule has 39 heavy (non-hydrogen) atoms. The molecule has 3 heterocycles. The minimum absolute atomic E-state index is 0.131. The fourth-order valence-electron chi connectivity index (χ4n) is 7.84. The summed E-state index contributed by atoms with van der Waals surface area (Å²) >= 11 is 0. The standard InChI is InChI=1S/C34H49FN2O2/c1-6-28(19-30-22-36-26(4)18-24(30)2)29-8-7-9-32-20-31-13-11-27(23-38-37(5)17-16-35)21-33(31)14-15-34(32,39-33)25(3)10-12-29/h9,18-20,22,25,27,29H,6-8,10-17,21,23H2,1-5H3. The molecule has 5 rings (SSSR count). The van der Waals surface area contributed by atoms with Crippen molar-refractivity contribution >= 4 is 6.08 Å². The molecule has 2 aliphatic carbocycles. The number of nitrogens with zero attached hydrogens (tertiary/aromatic N) is 2. The highest BCUT2D eigenvalue weighted by atomic mass is 19.1. The summed E-state index contributed by atoms with van der Waals surface area (Å²) < 4.78 is 20.0. The molecule has 2 spiro atoms. The normalized spacial score (nSPS) is 33.0. The Morgan fingerprint density at radius 1 is 1.23 bits per heavy atom. The van der Waals surface area contributed by atoms with Crippen molar-refractivity contribution in [3.63, 3.8) is 0 Å². The van der Waals surface area contributed by atoms with Gasteiger partial charge in [-0.25, -0.2) is 4.39 Å². The van der Waals surface area contributed by atoms with Crippen LogP contribution in [0.25, 0.3) is 6.08 Å². The van der Waals surface area contributed by atoms with Crippen LogP contribution in [0.5, 0.6) is 0 Å². The zero-order valence-corrected chi connectivity index (χ0v) is 24.9. The van der Waals surface area contributed by atoms with Gasteiger partial charge in [0.1, 0.15) is 6.67 Å². The molecule has 2 bridgehead atoms. The molecule has 0 radical (unpaired) electrons. The molecule has 0 amide bonds. The minimum Gasteiger partial charge on any atom is -0.359 e. The van der Waals surface area contributed by atoms with E-state index >= 15 is 0 Å². The molecule has 2 fully saturated rings. The molecule has 4 nitrogen and oxygen atoms in total. The topological polar surface area (TPSA) is 34.6 Å². The first-order valence-electron chi connectivity index (χ1n) is 15.4. The van der Waals surface area contributed by atoms with E-state index in [9.17, 15) is 4.39 Å². The molecule has 5 heteroatoms. The molecule has 1 saturated heterocycles. The van der Waals surface area contributed by atoms with Crippen LogP contribution in [0.3, 0.4) is 0 Å². The Morgan fingerprint density at radius 2 is 2.08 bits per heavy atom. The van der Waals surface area contributed by atoms with Crippen molar-refractivity contribution in [3.8, 4) is 0 Å². The number of hydrogen-bond donors (Lipinski definition) is 0. The fraction of sp³-hybridized carbons (Fsp3) is 0.676. The summed E-state index contributed by atoms with van der Waals surface area (Å²) in [5.41, 5.74) is 7.90. The molecule has 4 aliphatic rings. The average Bonchev–Trinajstić information content (AvgIpc) is 3.26. The number of alkyl halides is 1. The Bertz CT molecular complexity index is 1130. The first-order valence-corrected chi connectivity index (χ1v) is 15.4. The Kier molecular flexibility index (Phi) is 8.80. The first-order chi connectivity index (χ1) is 18.8. The van der Waals surface area contributed by atoms with Crippen LogP contribution in [0.15, 0.2) is 41.1 Å². The van der Waals surface area contributed by atoms with Crippen molar-refractivity contribution in [2.24, 2.45) is 17.8 Å². The summed E-state index contributed by atoms with van der Waals surface area (Å²) in [4.78, 5) is 10.5. The number of hydrogen-bond acceptors (Lipinski definition) is 4. The van der Waals surface area contributed by atoms with Gasteiger partial charge >= 0.3 is 0 Å². The highest BCUT2D eigenvalue weighted by Crippen LogP contribution is 2.60. The average molecular weight is 537 g/mol. The lowest BCUT2D eigenvalue weighted by Gasteiger charge is -2.48. The van der Waals surface area contributed by atoms with E-state index in [1.54, 1.807) is 10.6 Å². The van der Waals surface area contributed by atoms with Crippen LogP contribution in [0.2, 0.25) is 0 Å². The number of aryl methyl sites for hydroxylation is 2. The summed E-state index contributed by atoms with van der Waals surface area (Å²) in [5.74, 6) is 1.53. The van der Waals surface area contributed by atoms with Crippen LogP contribution in [-0.2, 0) is 9.57 Å². The maximum absolute atomic E-state index is 12.7. The van der Waals surface area contributed by atoms with Gasteiger partial charge in [-0.15, -0.1) is 0 Å². The van der Waals surface area contributed by atoms with Gasteiger partial charge in [-0.2, -0.15) is 5.06 Å². The molecule has 1 aromatic heterocycles. The van der Waals surface area contributed by atoms with E-state index in [2.05, 4.69) is 57.0 Å². The lowest BCUT2D eigenvalue weighted by atomic mass is 9.72. The lowest BCUT2D eigenvalue weighted by molar-refractivity contribution is -0.167. The zero-order chi connectivity index (χ0) is 27.6. The van der Waals surface area contributed by atoms with Gasteiger partial charge in [-0.05, 0) is 124 Å². The summed E-state index contributed by atoms with van der Waals surface area (Å²) in [6, 6.07) is 2.19. The number of pyridine rings is 1. The number of aromatic nitrogens is 1. The largest absolute Gasteiger partial charge is 0.359 e. The van der Waals surface area contributed by atoms with E-state index in [4.69, 9.17) is 9.57 Å². The van der Waals surface area contributed by atoms with E-state index in [-0.39, 0.29) is 17.9 Å². The quantitative estimate of drug-likeness (QED) is 0.314. The molecule has 1 saturated carbocycles. The Labute approximate surface area is 235 Å². The Morgan fingerprint density at radius 3 is 2.85 bits per heavy atom. The Balaban J connectivity index is 1.33. The maximum Gasteiger partial charge on any atom is 0.104 e. The lowest BCUT2D eigenvalue weighted by Crippen LogP contribution is -2.48. The van der Waals surface area contributed by atoms with E-state index in [1.165, 1.54) is 41.5 Å². The van der Waals surface area contributed by atoms with Crippen molar-refractivity contribution < 1.29 is 14.0 Å². The van der Waals surface area contributed by atoms with Gasteiger partial charge in [-0.1, -0.05) is 37.6 Å². The second-order valence-electron chi connectivity index (χ2n) is 12.8. The van der Waals surface area contributed by atoms with E-state index < -0.39 is 0 Å². The molecular weight excluding hydrogens is 487 g/mol. The number of ether oxygens (including phenoxy) is 1. The van der Waals surface area contributed by atoms with Crippen LogP contribution in [0.1, 0.15) is 94.9 Å². The molecule has 5 atom stereocenters. The second-order valence-corrected chi connectivity index (χ2v) is 12.8. The number of rotatable bonds is 8. The summed E-state index contributed by atoms with van der Waals surface area (Å²) in [7, 11) is 1.83. The predicted octanol–water partition coefficient (Wildman–Crippen LogP) is 8.11. The van der Waals surface area contributed by atoms with Gasteiger partial charge in [-0.3, -0.25) is 9.82 Å². The van der Waals surface area contributed by atoms with Gasteiger partial charge in [0.25, 0.3) is 0 Å². The zero-order valence-electron chi connectivity index (χ0n) is 24.9. The van der Waals surface area contributed by atoms with Gasteiger partial charge in [0.15, 0.2) is 0 Å². The first kappa shape index (κ1) is 28.7. The fourth-order valence-corrected chi connectivity index (χ4v) is 7.84. The van der Waals surface area contributed by atoms with Crippen molar-refractivity contribution in [2.45, 2.75) is 103 Å². The van der Waals surface area contributed by atoms with Crippen molar-refractivity contribution in [2.75, 3.05) is 26.9 Å². The van der Waals surface area contributed by atoms with Crippen molar-refractivity contribution in [3.05, 3.63) is 58.0 Å². The van der Waals surface area contributed by atoms with Crippen LogP contribution in [0, 0.1) is 31.6 Å². The van der Waals surface area contributed by atoms with Gasteiger partial charge in [0.2, 0.25) is 0 Å². The highest BCUT2D eigenvalue weighted by Gasteiger charge is 2.59. The second kappa shape index (κ2) is 12.0. The molecule has 0 N–H and O–H groups in total. The molecule has 1 aromatic rings. The number of halogens is 1. The molecule has 0 aromatic carbocycles. The third kappa shape index (κ3) is 5.83. The minimum atomic E-state index is -0.379. The van der Waals surface area contributed by atoms with Crippen LogP contribution >= 0.6 is 0 Å². The summed E-state index contributed by atoms with van der Waals surface area (Å²) in [5, 5.41) is 1.65. The van der Waals surface area contributed by atoms with E-state index in [1.807, 2.05) is 13.2 Å². The van der Waals surface area contributed by atoms with Crippen LogP contribution < -0.4 is 0 Å². The summed E-state index contributed by atoms with van der Waals surface area (Å²) in [6.45, 7) is 9.62. The summed E-state index contributed by atoms with van der Waals surface area (Å²) in [6.07, 6.45) is 20.8. The molecule has 5 unspecified atom stereocenters. The third-order valence-corrected chi connectivity index (χ3v) is 10.2. The van der Waals surface area contributed by atoms with E-state index in [0.29, 0.717) is 30.9 Å². The molecule has 214 valence electrons. The maximum atomic E-state index is 12.7. The van der Waals surface area contributed by atoms with Gasteiger partial charge in [0, 0.05) is 18.9 Å². The van der Waals surface area contributed by atoms with Crippen LogP contribution in [0.4, 0.5) is 4.39 Å². The number of allylic oxidation sites excluding steroid dienone is 2. The van der Waals surface area contributed by atoms with E-state index in [0.717, 1.165) is 50.6 Å². The predicted molar refractivity (Wildman–Crippen MR) is 157 cm³/mol. The van der Waals surface area contributed by atoms with Gasteiger partial charge < -0.3 is 4.74 Å². The van der Waals surface area contributed by atoms with Crippen molar-refractivity contribution in [1.82, 2.24) is 10.0 Å². The van der Waals surface area contributed by atoms with Crippen LogP contribution in [-0.4, -0.2) is 48.1 Å². The highest BCUT2D eigenvalue weighted by molar-refractivity contribution is 5.56. The molecule has 2 aliphatic heterocycles. The monoisotopic (exact) mass is 536 g/mol. The Hall–Kier alpha value is -1.82. The molecular formula is C34H49FN2O2. The third-order valence-electron chi connectivity index (χ3n) is 10.2. The number of hydroxylamine groups is 2. The smallest absolute Gasteiger partial charge is 0.104 e. The van der Waals surface area contributed by atoms with Gasteiger partial charge in [0.05, 0.1) is 24.4 Å².